The smallest absolute Gasteiger partial charge is 0.129 e. The van der Waals surface area contributed by atoms with Crippen LogP contribution in [0.3, 0.4) is 0 Å². The number of carbonyl (C=O) groups excluding carboxylic acids is 1. The van der Waals surface area contributed by atoms with Gasteiger partial charge in [-0.05, 0) is 32.7 Å². The Morgan fingerprint density at radius 2 is 2.12 bits per heavy atom. The zero-order valence-corrected chi connectivity index (χ0v) is 10.3. The molecule has 1 atom stereocenters. The molecular weight excluding hydrogens is 202 g/mol. The first-order valence-corrected chi connectivity index (χ1v) is 6.50. The van der Waals surface area contributed by atoms with Gasteiger partial charge in [-0.1, -0.05) is 12.8 Å². The lowest BCUT2D eigenvalue weighted by atomic mass is 9.83. The first-order chi connectivity index (χ1) is 7.76. The van der Waals surface area contributed by atoms with Crippen molar-refractivity contribution in [3.63, 3.8) is 0 Å². The minimum absolute atomic E-state index is 0.227. The van der Waals surface area contributed by atoms with Gasteiger partial charge < -0.3 is 14.4 Å². The zero-order chi connectivity index (χ0) is 11.4. The average molecular weight is 225 g/mol. The van der Waals surface area contributed by atoms with E-state index in [9.17, 15) is 4.79 Å². The van der Waals surface area contributed by atoms with Crippen molar-refractivity contribution in [1.82, 2.24) is 4.90 Å². The Balaban J connectivity index is 1.91. The Hall–Kier alpha value is -0.410. The first kappa shape index (κ1) is 12.1. The lowest BCUT2D eigenvalue weighted by molar-refractivity contribution is -0.125. The van der Waals surface area contributed by atoms with Gasteiger partial charge in [0.15, 0.2) is 0 Å². The maximum absolute atomic E-state index is 11.3. The van der Waals surface area contributed by atoms with Crippen LogP contribution in [-0.2, 0) is 9.53 Å². The maximum atomic E-state index is 11.3. The van der Waals surface area contributed by atoms with E-state index in [1.807, 2.05) is 0 Å². The van der Waals surface area contributed by atoms with Gasteiger partial charge >= 0.3 is 0 Å². The summed E-state index contributed by atoms with van der Waals surface area (Å²) in [5.41, 5.74) is -0.227. The van der Waals surface area contributed by atoms with Crippen LogP contribution >= 0.6 is 0 Å². The summed E-state index contributed by atoms with van der Waals surface area (Å²) < 4.78 is 5.48. The Kier molecular flexibility index (Phi) is 3.98. The van der Waals surface area contributed by atoms with Crippen LogP contribution in [0.4, 0.5) is 0 Å². The van der Waals surface area contributed by atoms with Crippen LogP contribution in [0.1, 0.15) is 38.5 Å². The SMILES string of the molecule is CN(CC1(C=O)CCCOC1)C1CCCC1. The van der Waals surface area contributed by atoms with Crippen LogP contribution < -0.4 is 0 Å². The van der Waals surface area contributed by atoms with Crippen LogP contribution in [0, 0.1) is 5.41 Å². The second kappa shape index (κ2) is 5.28. The Bertz CT molecular complexity index is 230. The highest BCUT2D eigenvalue weighted by Crippen LogP contribution is 2.30. The van der Waals surface area contributed by atoms with Gasteiger partial charge in [0.05, 0.1) is 12.0 Å². The van der Waals surface area contributed by atoms with Crippen molar-refractivity contribution in [3.8, 4) is 0 Å². The van der Waals surface area contributed by atoms with Crippen LogP contribution in [0.25, 0.3) is 0 Å². The van der Waals surface area contributed by atoms with Gasteiger partial charge in [0.2, 0.25) is 0 Å². The van der Waals surface area contributed by atoms with Crippen molar-refractivity contribution < 1.29 is 9.53 Å². The number of rotatable bonds is 4. The molecule has 0 aromatic carbocycles. The molecule has 1 unspecified atom stereocenters. The minimum Gasteiger partial charge on any atom is -0.380 e. The van der Waals surface area contributed by atoms with E-state index in [1.165, 1.54) is 25.7 Å². The van der Waals surface area contributed by atoms with Gasteiger partial charge in [-0.15, -0.1) is 0 Å². The lowest BCUT2D eigenvalue weighted by Gasteiger charge is -2.37. The second-order valence-corrected chi connectivity index (χ2v) is 5.49. The summed E-state index contributed by atoms with van der Waals surface area (Å²) in [6.07, 6.45) is 8.44. The molecule has 2 fully saturated rings. The molecule has 3 heteroatoms. The second-order valence-electron chi connectivity index (χ2n) is 5.49. The molecule has 1 saturated heterocycles. The van der Waals surface area contributed by atoms with E-state index in [-0.39, 0.29) is 5.41 Å². The lowest BCUT2D eigenvalue weighted by Crippen LogP contribution is -2.45. The molecular formula is C13H23NO2. The van der Waals surface area contributed by atoms with Crippen LogP contribution in [0.5, 0.6) is 0 Å². The highest BCUT2D eigenvalue weighted by atomic mass is 16.5. The molecule has 2 aliphatic rings. The predicted molar refractivity (Wildman–Crippen MR) is 63.4 cm³/mol. The summed E-state index contributed by atoms with van der Waals surface area (Å²) in [6, 6.07) is 0.693. The number of ether oxygens (including phenoxy) is 1. The third-order valence-electron chi connectivity index (χ3n) is 4.12. The average Bonchev–Trinajstić information content (AvgIpc) is 2.84. The van der Waals surface area contributed by atoms with Crippen molar-refractivity contribution >= 4 is 6.29 Å². The van der Waals surface area contributed by atoms with Crippen LogP contribution in [0.15, 0.2) is 0 Å². The van der Waals surface area contributed by atoms with Crippen molar-refractivity contribution in [2.75, 3.05) is 26.8 Å². The van der Waals surface area contributed by atoms with Crippen LogP contribution in [-0.4, -0.2) is 44.0 Å². The first-order valence-electron chi connectivity index (χ1n) is 6.50. The zero-order valence-electron chi connectivity index (χ0n) is 10.3. The Labute approximate surface area is 98.1 Å². The molecule has 0 radical (unpaired) electrons. The summed E-state index contributed by atoms with van der Waals surface area (Å²) in [4.78, 5) is 13.7. The third kappa shape index (κ3) is 2.64. The molecule has 1 aliphatic carbocycles. The summed E-state index contributed by atoms with van der Waals surface area (Å²) >= 11 is 0. The van der Waals surface area contributed by atoms with E-state index in [4.69, 9.17) is 4.74 Å². The maximum Gasteiger partial charge on any atom is 0.129 e. The number of nitrogens with zero attached hydrogens (tertiary/aromatic N) is 1. The molecule has 0 spiro atoms. The molecule has 2 rings (SSSR count). The van der Waals surface area contributed by atoms with Crippen molar-refractivity contribution in [2.24, 2.45) is 5.41 Å². The van der Waals surface area contributed by atoms with E-state index < -0.39 is 0 Å². The fraction of sp³-hybridized carbons (Fsp3) is 0.923. The number of carbonyl (C=O) groups is 1. The van der Waals surface area contributed by atoms with Crippen molar-refractivity contribution in [2.45, 2.75) is 44.6 Å². The molecule has 3 nitrogen and oxygen atoms in total. The van der Waals surface area contributed by atoms with Gasteiger partial charge in [-0.2, -0.15) is 0 Å². The minimum atomic E-state index is -0.227. The fourth-order valence-corrected chi connectivity index (χ4v) is 3.10. The fourth-order valence-electron chi connectivity index (χ4n) is 3.10. The molecule has 0 aromatic heterocycles. The monoisotopic (exact) mass is 225 g/mol. The van der Waals surface area contributed by atoms with Crippen molar-refractivity contribution in [1.29, 1.82) is 0 Å². The van der Waals surface area contributed by atoms with Gasteiger partial charge in [-0.3, -0.25) is 0 Å². The molecule has 0 bridgehead atoms. The molecule has 0 aromatic rings. The number of hydrogen-bond acceptors (Lipinski definition) is 3. The highest BCUT2D eigenvalue weighted by Gasteiger charge is 2.35. The number of hydrogen-bond donors (Lipinski definition) is 0. The number of aldehydes is 1. The normalized spacial score (nSPS) is 32.1. The summed E-state index contributed by atoms with van der Waals surface area (Å²) in [7, 11) is 2.16. The molecule has 16 heavy (non-hydrogen) atoms. The summed E-state index contributed by atoms with van der Waals surface area (Å²) in [5, 5.41) is 0. The molecule has 0 N–H and O–H groups in total. The van der Waals surface area contributed by atoms with E-state index in [0.717, 1.165) is 32.3 Å². The van der Waals surface area contributed by atoms with Crippen LogP contribution in [0.2, 0.25) is 0 Å². The van der Waals surface area contributed by atoms with Gasteiger partial charge in [0.25, 0.3) is 0 Å². The Morgan fingerprint density at radius 1 is 1.38 bits per heavy atom. The molecule has 92 valence electrons. The third-order valence-corrected chi connectivity index (χ3v) is 4.12. The quantitative estimate of drug-likeness (QED) is 0.684. The van der Waals surface area contributed by atoms with E-state index in [2.05, 4.69) is 11.9 Å². The van der Waals surface area contributed by atoms with Crippen molar-refractivity contribution in [3.05, 3.63) is 0 Å². The summed E-state index contributed by atoms with van der Waals surface area (Å²) in [5.74, 6) is 0. The molecule has 1 heterocycles. The standard InChI is InChI=1S/C13H23NO2/c1-14(12-5-2-3-6-12)9-13(10-15)7-4-8-16-11-13/h10,12H,2-9,11H2,1H3. The van der Waals surface area contributed by atoms with E-state index in [1.54, 1.807) is 0 Å². The predicted octanol–water partition coefficient (Wildman–Crippen LogP) is 1.86. The molecule has 1 aliphatic heterocycles. The Morgan fingerprint density at radius 3 is 2.69 bits per heavy atom. The van der Waals surface area contributed by atoms with E-state index >= 15 is 0 Å². The largest absolute Gasteiger partial charge is 0.380 e. The van der Waals surface area contributed by atoms with Gasteiger partial charge in [0.1, 0.15) is 6.29 Å². The molecule has 0 amide bonds. The topological polar surface area (TPSA) is 29.5 Å². The van der Waals surface area contributed by atoms with Gasteiger partial charge in [-0.25, -0.2) is 0 Å². The van der Waals surface area contributed by atoms with E-state index in [0.29, 0.717) is 12.6 Å². The highest BCUT2D eigenvalue weighted by molar-refractivity contribution is 5.60. The van der Waals surface area contributed by atoms with Gasteiger partial charge in [0, 0.05) is 19.2 Å². The molecule has 1 saturated carbocycles. The summed E-state index contributed by atoms with van der Waals surface area (Å²) in [6.45, 7) is 2.32.